The molecule has 4 rings (SSSR count). The molecule has 0 aliphatic carbocycles. The van der Waals surface area contributed by atoms with Crippen LogP contribution in [-0.2, 0) is 6.54 Å². The number of halogens is 1. The highest BCUT2D eigenvalue weighted by molar-refractivity contribution is 5.55. The highest BCUT2D eigenvalue weighted by Crippen LogP contribution is 2.21. The summed E-state index contributed by atoms with van der Waals surface area (Å²) in [6.07, 6.45) is 0. The number of hydrogen-bond donors (Lipinski definition) is 0. The van der Waals surface area contributed by atoms with Crippen LogP contribution in [0.25, 0.3) is 11.4 Å². The molecule has 0 spiro atoms. The molecule has 2 aromatic carbocycles. The van der Waals surface area contributed by atoms with E-state index in [1.165, 1.54) is 6.07 Å². The Morgan fingerprint density at radius 2 is 1.76 bits per heavy atom. The number of nitrogens with zero attached hydrogens (tertiary/aromatic N) is 4. The van der Waals surface area contributed by atoms with E-state index in [-0.39, 0.29) is 5.82 Å². The SMILES string of the molecule is Fc1cccc(CN2CCN(c3nc(-c4ccccc4)no3)CC2)c1. The lowest BCUT2D eigenvalue weighted by Gasteiger charge is -2.33. The second-order valence-corrected chi connectivity index (χ2v) is 6.16. The van der Waals surface area contributed by atoms with Crippen LogP contribution in [0.5, 0.6) is 0 Å². The smallest absolute Gasteiger partial charge is 0.322 e. The summed E-state index contributed by atoms with van der Waals surface area (Å²) >= 11 is 0. The average Bonchev–Trinajstić information content (AvgIpc) is 3.13. The van der Waals surface area contributed by atoms with Crippen LogP contribution < -0.4 is 4.90 Å². The predicted octanol–water partition coefficient (Wildman–Crippen LogP) is 3.20. The van der Waals surface area contributed by atoms with Gasteiger partial charge in [0.2, 0.25) is 5.82 Å². The number of hydrogen-bond acceptors (Lipinski definition) is 5. The van der Waals surface area contributed by atoms with Gasteiger partial charge in [-0.05, 0) is 17.7 Å². The van der Waals surface area contributed by atoms with Gasteiger partial charge in [0.05, 0.1) is 0 Å². The summed E-state index contributed by atoms with van der Waals surface area (Å²) in [4.78, 5) is 8.91. The monoisotopic (exact) mass is 338 g/mol. The molecule has 1 aliphatic rings. The summed E-state index contributed by atoms with van der Waals surface area (Å²) in [7, 11) is 0. The van der Waals surface area contributed by atoms with Crippen molar-refractivity contribution in [3.8, 4) is 11.4 Å². The second-order valence-electron chi connectivity index (χ2n) is 6.16. The van der Waals surface area contributed by atoms with Gasteiger partial charge in [0.15, 0.2) is 0 Å². The van der Waals surface area contributed by atoms with Gasteiger partial charge in [0.1, 0.15) is 5.82 Å². The lowest BCUT2D eigenvalue weighted by atomic mass is 10.2. The number of piperazine rings is 1. The Balaban J connectivity index is 1.37. The van der Waals surface area contributed by atoms with Crippen LogP contribution in [0.4, 0.5) is 10.4 Å². The largest absolute Gasteiger partial charge is 0.324 e. The van der Waals surface area contributed by atoms with Gasteiger partial charge >= 0.3 is 6.01 Å². The molecule has 6 heteroatoms. The van der Waals surface area contributed by atoms with E-state index in [0.717, 1.165) is 43.9 Å². The van der Waals surface area contributed by atoms with Gasteiger partial charge < -0.3 is 9.42 Å². The third kappa shape index (κ3) is 3.69. The first kappa shape index (κ1) is 15.8. The molecule has 1 fully saturated rings. The third-order valence-electron chi connectivity index (χ3n) is 4.39. The van der Waals surface area contributed by atoms with Gasteiger partial charge in [-0.2, -0.15) is 4.98 Å². The third-order valence-corrected chi connectivity index (χ3v) is 4.39. The first-order chi connectivity index (χ1) is 12.3. The average molecular weight is 338 g/mol. The Hall–Kier alpha value is -2.73. The normalized spacial score (nSPS) is 15.5. The Morgan fingerprint density at radius 3 is 2.52 bits per heavy atom. The van der Waals surface area contributed by atoms with E-state index in [1.807, 2.05) is 36.4 Å². The molecule has 2 heterocycles. The van der Waals surface area contributed by atoms with Crippen LogP contribution >= 0.6 is 0 Å². The molecule has 5 nitrogen and oxygen atoms in total. The maximum atomic E-state index is 13.3. The molecule has 1 saturated heterocycles. The minimum atomic E-state index is -0.185. The highest BCUT2D eigenvalue weighted by atomic mass is 19.1. The van der Waals surface area contributed by atoms with Crippen LogP contribution in [0.15, 0.2) is 59.1 Å². The zero-order chi connectivity index (χ0) is 17.1. The van der Waals surface area contributed by atoms with E-state index < -0.39 is 0 Å². The highest BCUT2D eigenvalue weighted by Gasteiger charge is 2.21. The summed E-state index contributed by atoms with van der Waals surface area (Å²) in [6, 6.07) is 17.1. The molecule has 0 atom stereocenters. The van der Waals surface area contributed by atoms with Gasteiger partial charge in [-0.25, -0.2) is 4.39 Å². The van der Waals surface area contributed by atoms with Crippen molar-refractivity contribution in [3.05, 3.63) is 66.0 Å². The quantitative estimate of drug-likeness (QED) is 0.731. The molecule has 0 N–H and O–H groups in total. The number of rotatable bonds is 4. The summed E-state index contributed by atoms with van der Waals surface area (Å²) in [5.41, 5.74) is 1.94. The van der Waals surface area contributed by atoms with Crippen molar-refractivity contribution in [3.63, 3.8) is 0 Å². The molecule has 0 bridgehead atoms. The maximum absolute atomic E-state index is 13.3. The molecule has 1 aliphatic heterocycles. The van der Waals surface area contributed by atoms with E-state index in [9.17, 15) is 4.39 Å². The van der Waals surface area contributed by atoms with Gasteiger partial charge in [-0.1, -0.05) is 47.6 Å². The molecule has 1 aromatic heterocycles. The Labute approximate surface area is 145 Å². The van der Waals surface area contributed by atoms with Crippen LogP contribution in [0.3, 0.4) is 0 Å². The molecule has 0 unspecified atom stereocenters. The van der Waals surface area contributed by atoms with Crippen molar-refractivity contribution >= 4 is 6.01 Å². The standard InChI is InChI=1S/C19H19FN4O/c20-17-8-4-5-15(13-17)14-23-9-11-24(12-10-23)19-21-18(22-25-19)16-6-2-1-3-7-16/h1-8,13H,9-12,14H2. The van der Waals surface area contributed by atoms with Crippen LogP contribution in [0.2, 0.25) is 0 Å². The van der Waals surface area contributed by atoms with E-state index >= 15 is 0 Å². The van der Waals surface area contributed by atoms with Crippen molar-refractivity contribution < 1.29 is 8.91 Å². The van der Waals surface area contributed by atoms with Gasteiger partial charge in [-0.15, -0.1) is 0 Å². The fraction of sp³-hybridized carbons (Fsp3) is 0.263. The zero-order valence-electron chi connectivity index (χ0n) is 13.8. The molecule has 25 heavy (non-hydrogen) atoms. The van der Waals surface area contributed by atoms with Crippen molar-refractivity contribution in [2.45, 2.75) is 6.54 Å². The number of anilines is 1. The van der Waals surface area contributed by atoms with E-state index in [4.69, 9.17) is 4.52 Å². The first-order valence-corrected chi connectivity index (χ1v) is 8.39. The van der Waals surface area contributed by atoms with Crippen molar-refractivity contribution in [2.24, 2.45) is 0 Å². The van der Waals surface area contributed by atoms with Gasteiger partial charge in [0, 0.05) is 38.3 Å². The second kappa shape index (κ2) is 7.03. The maximum Gasteiger partial charge on any atom is 0.324 e. The first-order valence-electron chi connectivity index (χ1n) is 8.39. The number of aromatic nitrogens is 2. The predicted molar refractivity (Wildman–Crippen MR) is 93.6 cm³/mol. The topological polar surface area (TPSA) is 45.4 Å². The molecule has 0 saturated carbocycles. The molecule has 3 aromatic rings. The molecular formula is C19H19FN4O. The van der Waals surface area contributed by atoms with E-state index in [2.05, 4.69) is 19.9 Å². The molecular weight excluding hydrogens is 319 g/mol. The van der Waals surface area contributed by atoms with E-state index in [1.54, 1.807) is 12.1 Å². The Morgan fingerprint density at radius 1 is 0.960 bits per heavy atom. The Bertz CT molecular complexity index is 828. The lowest BCUT2D eigenvalue weighted by molar-refractivity contribution is 0.242. The fourth-order valence-corrected chi connectivity index (χ4v) is 3.04. The minimum Gasteiger partial charge on any atom is -0.322 e. The number of benzene rings is 2. The van der Waals surface area contributed by atoms with Crippen LogP contribution in [0, 0.1) is 5.82 Å². The summed E-state index contributed by atoms with van der Waals surface area (Å²) in [5.74, 6) is 0.424. The van der Waals surface area contributed by atoms with E-state index in [0.29, 0.717) is 11.8 Å². The van der Waals surface area contributed by atoms with Crippen molar-refractivity contribution in [1.29, 1.82) is 0 Å². The summed E-state index contributed by atoms with van der Waals surface area (Å²) in [5, 5.41) is 4.08. The van der Waals surface area contributed by atoms with Crippen LogP contribution in [0.1, 0.15) is 5.56 Å². The molecule has 0 amide bonds. The van der Waals surface area contributed by atoms with Crippen LogP contribution in [-0.4, -0.2) is 41.2 Å². The zero-order valence-corrected chi connectivity index (χ0v) is 13.8. The summed E-state index contributed by atoms with van der Waals surface area (Å²) in [6.45, 7) is 4.13. The summed E-state index contributed by atoms with van der Waals surface area (Å²) < 4.78 is 18.7. The molecule has 128 valence electrons. The molecule has 0 radical (unpaired) electrons. The Kier molecular flexibility index (Phi) is 4.43. The fourth-order valence-electron chi connectivity index (χ4n) is 3.04. The van der Waals surface area contributed by atoms with Crippen molar-refractivity contribution in [1.82, 2.24) is 15.0 Å². The lowest BCUT2D eigenvalue weighted by Crippen LogP contribution is -2.46. The van der Waals surface area contributed by atoms with Gasteiger partial charge in [-0.3, -0.25) is 4.90 Å². The van der Waals surface area contributed by atoms with Crippen molar-refractivity contribution in [2.75, 3.05) is 31.1 Å². The van der Waals surface area contributed by atoms with Gasteiger partial charge in [0.25, 0.3) is 0 Å². The minimum absolute atomic E-state index is 0.185.